The third kappa shape index (κ3) is 6.26. The number of unbranched alkanes of at least 4 members (excludes halogenated alkanes) is 2. The molecule has 0 spiro atoms. The zero-order chi connectivity index (χ0) is 22.9. The van der Waals surface area contributed by atoms with E-state index in [2.05, 4.69) is 6.92 Å². The Balaban J connectivity index is 1.60. The van der Waals surface area contributed by atoms with E-state index < -0.39 is 0 Å². The Morgan fingerprint density at radius 3 is 2.47 bits per heavy atom. The van der Waals surface area contributed by atoms with Crippen LogP contribution in [0.5, 0.6) is 17.2 Å². The van der Waals surface area contributed by atoms with Crippen molar-refractivity contribution in [2.24, 2.45) is 0 Å². The van der Waals surface area contributed by atoms with Crippen LogP contribution in [0.2, 0.25) is 0 Å². The van der Waals surface area contributed by atoms with E-state index >= 15 is 0 Å². The molecule has 0 radical (unpaired) electrons. The van der Waals surface area contributed by atoms with Crippen molar-refractivity contribution in [3.05, 3.63) is 58.5 Å². The highest BCUT2D eigenvalue weighted by molar-refractivity contribution is 8.26. The zero-order valence-corrected chi connectivity index (χ0v) is 20.4. The van der Waals surface area contributed by atoms with Gasteiger partial charge in [0.25, 0.3) is 5.91 Å². The second kappa shape index (κ2) is 11.9. The number of methoxy groups -OCH3 is 2. The van der Waals surface area contributed by atoms with Crippen molar-refractivity contribution in [3.63, 3.8) is 0 Å². The summed E-state index contributed by atoms with van der Waals surface area (Å²) in [6.07, 6.45) is 5.96. The van der Waals surface area contributed by atoms with Crippen molar-refractivity contribution in [3.8, 4) is 17.2 Å². The predicted molar refractivity (Wildman–Crippen MR) is 135 cm³/mol. The Bertz CT molecular complexity index is 972. The normalized spacial score (nSPS) is 14.8. The van der Waals surface area contributed by atoms with Crippen LogP contribution in [-0.4, -0.2) is 42.5 Å². The number of benzene rings is 2. The van der Waals surface area contributed by atoms with Gasteiger partial charge in [0.1, 0.15) is 10.1 Å². The molecule has 2 aromatic rings. The van der Waals surface area contributed by atoms with Crippen LogP contribution in [0.3, 0.4) is 0 Å². The average molecular weight is 472 g/mol. The van der Waals surface area contributed by atoms with E-state index in [4.69, 9.17) is 26.4 Å². The summed E-state index contributed by atoms with van der Waals surface area (Å²) in [7, 11) is 3.22. The molecule has 32 heavy (non-hydrogen) atoms. The Morgan fingerprint density at radius 2 is 1.78 bits per heavy atom. The highest BCUT2D eigenvalue weighted by Gasteiger charge is 2.31. The summed E-state index contributed by atoms with van der Waals surface area (Å²) in [4.78, 5) is 15.2. The first-order valence-electron chi connectivity index (χ1n) is 10.7. The van der Waals surface area contributed by atoms with Crippen molar-refractivity contribution in [1.29, 1.82) is 0 Å². The summed E-state index contributed by atoms with van der Waals surface area (Å²) in [5, 5.41) is 0. The lowest BCUT2D eigenvalue weighted by molar-refractivity contribution is -0.122. The lowest BCUT2D eigenvalue weighted by atomic mass is 10.1. The SMILES string of the molecule is CCCCCOc1ccc(C=C2SC(=S)N(CCc3ccc(OC)c(OC)c3)C2=O)cc1. The summed E-state index contributed by atoms with van der Waals surface area (Å²) in [5.74, 6) is 2.15. The number of amides is 1. The molecule has 3 rings (SSSR count). The first-order chi connectivity index (χ1) is 15.5. The van der Waals surface area contributed by atoms with Gasteiger partial charge in [0.15, 0.2) is 11.5 Å². The fraction of sp³-hybridized carbons (Fsp3) is 0.360. The Morgan fingerprint density at radius 1 is 1.03 bits per heavy atom. The summed E-state index contributed by atoms with van der Waals surface area (Å²) in [6, 6.07) is 13.6. The molecule has 0 aromatic heterocycles. The molecule has 1 aliphatic rings. The van der Waals surface area contributed by atoms with Gasteiger partial charge in [-0.2, -0.15) is 0 Å². The van der Waals surface area contributed by atoms with Crippen LogP contribution >= 0.6 is 24.0 Å². The van der Waals surface area contributed by atoms with E-state index in [1.807, 2.05) is 48.5 Å². The molecule has 0 bridgehead atoms. The number of thioether (sulfide) groups is 1. The summed E-state index contributed by atoms with van der Waals surface area (Å²) >= 11 is 6.81. The largest absolute Gasteiger partial charge is 0.494 e. The van der Waals surface area contributed by atoms with Gasteiger partial charge < -0.3 is 14.2 Å². The van der Waals surface area contributed by atoms with Gasteiger partial charge >= 0.3 is 0 Å². The van der Waals surface area contributed by atoms with Crippen molar-refractivity contribution in [1.82, 2.24) is 4.90 Å². The van der Waals surface area contributed by atoms with E-state index in [0.29, 0.717) is 33.7 Å². The number of carbonyl (C=O) groups is 1. The molecule has 2 aromatic carbocycles. The van der Waals surface area contributed by atoms with Gasteiger partial charge in [0.2, 0.25) is 0 Å². The summed E-state index contributed by atoms with van der Waals surface area (Å²) in [5.41, 5.74) is 2.00. The number of thiocarbonyl (C=S) groups is 1. The molecule has 1 aliphatic heterocycles. The van der Waals surface area contributed by atoms with Crippen molar-refractivity contribution in [2.45, 2.75) is 32.6 Å². The second-order valence-electron chi connectivity index (χ2n) is 7.40. The minimum Gasteiger partial charge on any atom is -0.494 e. The molecular formula is C25H29NO4S2. The summed E-state index contributed by atoms with van der Waals surface area (Å²) in [6.45, 7) is 3.42. The van der Waals surface area contributed by atoms with Crippen LogP contribution in [0.4, 0.5) is 0 Å². The second-order valence-corrected chi connectivity index (χ2v) is 9.07. The van der Waals surface area contributed by atoms with Gasteiger partial charge in [-0.1, -0.05) is 61.9 Å². The highest BCUT2D eigenvalue weighted by Crippen LogP contribution is 2.33. The molecule has 1 fully saturated rings. The number of hydrogen-bond acceptors (Lipinski definition) is 6. The molecule has 0 unspecified atom stereocenters. The van der Waals surface area contributed by atoms with Gasteiger partial charge in [0.05, 0.1) is 25.7 Å². The lowest BCUT2D eigenvalue weighted by Crippen LogP contribution is -2.30. The molecular weight excluding hydrogens is 442 g/mol. The molecule has 0 atom stereocenters. The smallest absolute Gasteiger partial charge is 0.266 e. The number of rotatable bonds is 11. The molecule has 7 heteroatoms. The highest BCUT2D eigenvalue weighted by atomic mass is 32.2. The standard InChI is InChI=1S/C25H29NO4S2/c1-4-5-6-15-30-20-10-7-18(8-11-20)17-23-24(27)26(25(31)32-23)14-13-19-9-12-21(28-2)22(16-19)29-3/h7-12,16-17H,4-6,13-15H2,1-3H3. The van der Waals surface area contributed by atoms with Crippen LogP contribution in [0.25, 0.3) is 6.08 Å². The topological polar surface area (TPSA) is 48.0 Å². The van der Waals surface area contributed by atoms with E-state index in [1.165, 1.54) is 24.6 Å². The molecule has 1 amide bonds. The number of nitrogens with zero attached hydrogens (tertiary/aromatic N) is 1. The van der Waals surface area contributed by atoms with Crippen LogP contribution in [-0.2, 0) is 11.2 Å². The number of ether oxygens (including phenoxy) is 3. The Kier molecular flexibility index (Phi) is 9.00. The fourth-order valence-electron chi connectivity index (χ4n) is 3.32. The van der Waals surface area contributed by atoms with Crippen molar-refractivity contribution >= 4 is 40.3 Å². The average Bonchev–Trinajstić information content (AvgIpc) is 3.08. The number of hydrogen-bond donors (Lipinski definition) is 0. The first kappa shape index (κ1) is 24.1. The third-order valence-electron chi connectivity index (χ3n) is 5.14. The van der Waals surface area contributed by atoms with E-state index in [0.717, 1.165) is 29.9 Å². The molecule has 1 saturated heterocycles. The lowest BCUT2D eigenvalue weighted by Gasteiger charge is -2.15. The fourth-order valence-corrected chi connectivity index (χ4v) is 4.63. The van der Waals surface area contributed by atoms with Gasteiger partial charge in [-0.25, -0.2) is 0 Å². The minimum absolute atomic E-state index is 0.0552. The van der Waals surface area contributed by atoms with Gasteiger partial charge in [0, 0.05) is 6.54 Å². The molecule has 0 N–H and O–H groups in total. The molecule has 0 saturated carbocycles. The maximum absolute atomic E-state index is 12.9. The quantitative estimate of drug-likeness (QED) is 0.237. The van der Waals surface area contributed by atoms with Crippen LogP contribution < -0.4 is 14.2 Å². The van der Waals surface area contributed by atoms with E-state index in [9.17, 15) is 4.79 Å². The molecule has 0 aliphatic carbocycles. The van der Waals surface area contributed by atoms with Crippen molar-refractivity contribution < 1.29 is 19.0 Å². The van der Waals surface area contributed by atoms with E-state index in [1.54, 1.807) is 19.1 Å². The van der Waals surface area contributed by atoms with E-state index in [-0.39, 0.29) is 5.91 Å². The third-order valence-corrected chi connectivity index (χ3v) is 6.52. The molecule has 5 nitrogen and oxygen atoms in total. The predicted octanol–water partition coefficient (Wildman–Crippen LogP) is 5.72. The van der Waals surface area contributed by atoms with Crippen molar-refractivity contribution in [2.75, 3.05) is 27.4 Å². The van der Waals surface area contributed by atoms with Gasteiger partial charge in [-0.05, 0) is 54.3 Å². The zero-order valence-electron chi connectivity index (χ0n) is 18.8. The summed E-state index contributed by atoms with van der Waals surface area (Å²) < 4.78 is 17.0. The molecule has 1 heterocycles. The Labute approximate surface area is 199 Å². The van der Waals surface area contributed by atoms with Gasteiger partial charge in [-0.3, -0.25) is 9.69 Å². The Hall–Kier alpha value is -2.51. The maximum atomic E-state index is 12.9. The monoisotopic (exact) mass is 471 g/mol. The van der Waals surface area contributed by atoms with Crippen LogP contribution in [0.15, 0.2) is 47.4 Å². The first-order valence-corrected chi connectivity index (χ1v) is 12.0. The van der Waals surface area contributed by atoms with Crippen LogP contribution in [0.1, 0.15) is 37.3 Å². The van der Waals surface area contributed by atoms with Crippen LogP contribution in [0, 0.1) is 0 Å². The number of carbonyl (C=O) groups excluding carboxylic acids is 1. The van der Waals surface area contributed by atoms with Gasteiger partial charge in [-0.15, -0.1) is 0 Å². The maximum Gasteiger partial charge on any atom is 0.266 e. The minimum atomic E-state index is -0.0552. The molecule has 170 valence electrons.